The van der Waals surface area contributed by atoms with Crippen molar-refractivity contribution in [1.29, 1.82) is 0 Å². The van der Waals surface area contributed by atoms with E-state index in [0.717, 1.165) is 11.1 Å². The first-order chi connectivity index (χ1) is 16.1. The van der Waals surface area contributed by atoms with Crippen molar-refractivity contribution < 1.29 is 18.8 Å². The van der Waals surface area contributed by atoms with Gasteiger partial charge in [-0.05, 0) is 37.5 Å². The second-order valence-corrected chi connectivity index (χ2v) is 8.81. The van der Waals surface area contributed by atoms with Crippen LogP contribution in [0.1, 0.15) is 36.5 Å². The maximum absolute atomic E-state index is 14.8. The second-order valence-electron chi connectivity index (χ2n) is 8.81. The van der Waals surface area contributed by atoms with Crippen molar-refractivity contribution in [2.45, 2.75) is 44.4 Å². The number of aromatic nitrogens is 3. The highest BCUT2D eigenvalue weighted by Crippen LogP contribution is 2.36. The minimum Gasteiger partial charge on any atom is -0.487 e. The number of nitrogens with zero attached hydrogens (tertiary/aromatic N) is 4. The van der Waals surface area contributed by atoms with Gasteiger partial charge in [-0.3, -0.25) is 9.63 Å². The Balaban J connectivity index is 1.55. The summed E-state index contributed by atoms with van der Waals surface area (Å²) in [6.45, 7) is 3.64. The van der Waals surface area contributed by atoms with E-state index in [-0.39, 0.29) is 29.9 Å². The number of nitrogens with one attached hydrogen (secondary N) is 2. The van der Waals surface area contributed by atoms with Gasteiger partial charge in [0, 0.05) is 37.3 Å². The smallest absolute Gasteiger partial charge is 0.257 e. The third-order valence-electron chi connectivity index (χ3n) is 6.63. The summed E-state index contributed by atoms with van der Waals surface area (Å²) >= 11 is 0. The fourth-order valence-corrected chi connectivity index (χ4v) is 4.92. The number of hydrogen-bond donors (Lipinski definition) is 2. The van der Waals surface area contributed by atoms with Gasteiger partial charge in [-0.15, -0.1) is 0 Å². The average molecular weight is 452 g/mol. The van der Waals surface area contributed by atoms with Crippen LogP contribution in [0.15, 0.2) is 53.3 Å². The van der Waals surface area contributed by atoms with Gasteiger partial charge in [-0.25, -0.2) is 19.0 Å². The van der Waals surface area contributed by atoms with Crippen LogP contribution in [0.25, 0.3) is 5.65 Å². The van der Waals surface area contributed by atoms with E-state index in [1.165, 1.54) is 6.20 Å². The quantitative estimate of drug-likeness (QED) is 0.633. The number of halogens is 1. The molecule has 2 aromatic heterocycles. The molecule has 3 unspecified atom stereocenters. The molecule has 3 atom stereocenters. The van der Waals surface area contributed by atoms with Crippen LogP contribution in [0.4, 0.5) is 10.2 Å². The molecule has 6 rings (SSSR count). The topological polar surface area (TPSA) is 93.0 Å². The Kier molecular flexibility index (Phi) is 4.92. The van der Waals surface area contributed by atoms with Crippen LogP contribution >= 0.6 is 0 Å². The number of ether oxygens (including phenoxy) is 1. The highest BCUT2D eigenvalue weighted by atomic mass is 19.1. The normalized spacial score (nSPS) is 33.1. The van der Waals surface area contributed by atoms with Crippen LogP contribution in [0.2, 0.25) is 0 Å². The number of anilines is 1. The van der Waals surface area contributed by atoms with Crippen LogP contribution < -0.4 is 15.7 Å². The minimum absolute atomic E-state index is 0.250. The van der Waals surface area contributed by atoms with Crippen LogP contribution in [-0.2, 0) is 9.57 Å². The molecule has 2 bridgehead atoms. The Labute approximate surface area is 189 Å². The highest BCUT2D eigenvalue weighted by Gasteiger charge is 2.38. The fraction of sp³-hybridized carbons (Fsp3) is 0.435. The van der Waals surface area contributed by atoms with Gasteiger partial charge in [0.15, 0.2) is 11.5 Å². The summed E-state index contributed by atoms with van der Waals surface area (Å²) in [5, 5.41) is 12.4. The summed E-state index contributed by atoms with van der Waals surface area (Å²) in [6.07, 6.45) is 8.08. The molecule has 5 heterocycles. The van der Waals surface area contributed by atoms with Gasteiger partial charge in [0.05, 0.1) is 24.9 Å². The summed E-state index contributed by atoms with van der Waals surface area (Å²) in [6, 6.07) is 1.25. The van der Waals surface area contributed by atoms with Gasteiger partial charge >= 0.3 is 0 Å². The molecule has 33 heavy (non-hydrogen) atoms. The molecule has 172 valence electrons. The van der Waals surface area contributed by atoms with Crippen molar-refractivity contribution in [2.75, 3.05) is 24.8 Å². The molecule has 0 radical (unpaired) electrons. The minimum atomic E-state index is -0.299. The zero-order chi connectivity index (χ0) is 22.5. The van der Waals surface area contributed by atoms with Crippen LogP contribution in [0, 0.1) is 0 Å². The lowest BCUT2D eigenvalue weighted by molar-refractivity contribution is 0.0822. The lowest BCUT2D eigenvalue weighted by Gasteiger charge is -2.30. The lowest BCUT2D eigenvalue weighted by atomic mass is 9.95. The molecule has 2 saturated heterocycles. The maximum Gasteiger partial charge on any atom is 0.257 e. The van der Waals surface area contributed by atoms with Gasteiger partial charge in [-0.2, -0.15) is 5.10 Å². The molecule has 10 heteroatoms. The van der Waals surface area contributed by atoms with Crippen LogP contribution in [-0.4, -0.2) is 58.4 Å². The first-order valence-corrected chi connectivity index (χ1v) is 11.3. The standard InChI is InChI=1S/C23H25FN6O3/c1-13-3-2-4-14(24)9-15-18-6-8-32-30(18)20-5-7-29-22(28-20)16(10-26-29)23(31)27-17-11-25-12-19(17)33-21(13)15/h4-5,7,9-10,17-19,25H,2-3,6,8,11-12H2,1H3,(H,27,31)/b14-4+,15-9+,21-13+. The van der Waals surface area contributed by atoms with E-state index in [1.54, 1.807) is 34.0 Å². The number of hydroxylamine groups is 1. The van der Waals surface area contributed by atoms with E-state index in [4.69, 9.17) is 14.6 Å². The number of carbonyl (C=O) groups excluding carboxylic acids is 1. The molecule has 1 aliphatic carbocycles. The summed E-state index contributed by atoms with van der Waals surface area (Å²) in [5.41, 5.74) is 2.59. The molecule has 1 amide bonds. The molecule has 2 fully saturated rings. The van der Waals surface area contributed by atoms with Crippen LogP contribution in [0.3, 0.4) is 0 Å². The molecule has 2 N–H and O–H groups in total. The predicted octanol–water partition coefficient (Wildman–Crippen LogP) is 2.19. The number of allylic oxidation sites excluding steroid dienone is 4. The average Bonchev–Trinajstić information content (AvgIpc) is 3.53. The number of rotatable bonds is 0. The first kappa shape index (κ1) is 20.4. The van der Waals surface area contributed by atoms with Crippen molar-refractivity contribution >= 4 is 17.4 Å². The molecule has 0 aromatic carbocycles. The zero-order valence-corrected chi connectivity index (χ0v) is 18.3. The molecular weight excluding hydrogens is 427 g/mol. The van der Waals surface area contributed by atoms with Gasteiger partial charge in [0.1, 0.15) is 23.3 Å². The van der Waals surface area contributed by atoms with Gasteiger partial charge in [0.2, 0.25) is 0 Å². The molecule has 3 aliphatic heterocycles. The molecule has 2 aromatic rings. The lowest BCUT2D eigenvalue weighted by Crippen LogP contribution is -2.44. The predicted molar refractivity (Wildman–Crippen MR) is 118 cm³/mol. The van der Waals surface area contributed by atoms with E-state index < -0.39 is 0 Å². The molecule has 4 aliphatic rings. The molecule has 9 nitrogen and oxygen atoms in total. The third-order valence-corrected chi connectivity index (χ3v) is 6.63. The molecule has 0 saturated carbocycles. The number of fused-ring (bicyclic) bond motifs is 6. The van der Waals surface area contributed by atoms with Crippen molar-refractivity contribution in [1.82, 2.24) is 25.2 Å². The molecular formula is C23H25FN6O3. The third kappa shape index (κ3) is 3.50. The summed E-state index contributed by atoms with van der Waals surface area (Å²) in [4.78, 5) is 23.8. The van der Waals surface area contributed by atoms with Gasteiger partial charge < -0.3 is 15.4 Å². The van der Waals surface area contributed by atoms with Crippen molar-refractivity contribution in [3.63, 3.8) is 0 Å². The maximum atomic E-state index is 14.8. The Morgan fingerprint density at radius 3 is 3.12 bits per heavy atom. The Bertz CT molecular complexity index is 1220. The number of hydrogen-bond acceptors (Lipinski definition) is 7. The van der Waals surface area contributed by atoms with Crippen molar-refractivity contribution in [2.24, 2.45) is 0 Å². The number of amides is 1. The van der Waals surface area contributed by atoms with Gasteiger partial charge in [0.25, 0.3) is 5.91 Å². The monoisotopic (exact) mass is 452 g/mol. The van der Waals surface area contributed by atoms with Crippen molar-refractivity contribution in [3.8, 4) is 0 Å². The SMILES string of the molecule is C\C1=C2/OC3CNCC3NC(=O)c3cnn4ccc(nc34)N3OCCC3/C2=C\C(F)=C/CC1. The second kappa shape index (κ2) is 7.96. The Morgan fingerprint density at radius 1 is 1.30 bits per heavy atom. The highest BCUT2D eigenvalue weighted by molar-refractivity contribution is 6.00. The summed E-state index contributed by atoms with van der Waals surface area (Å²) in [7, 11) is 0. The van der Waals surface area contributed by atoms with E-state index in [2.05, 4.69) is 15.7 Å². The Hall–Kier alpha value is -3.24. The Morgan fingerprint density at radius 2 is 2.21 bits per heavy atom. The van der Waals surface area contributed by atoms with Gasteiger partial charge in [-0.1, -0.05) is 0 Å². The molecule has 0 spiro atoms. The zero-order valence-electron chi connectivity index (χ0n) is 18.3. The summed E-state index contributed by atoms with van der Waals surface area (Å²) < 4.78 is 22.9. The van der Waals surface area contributed by atoms with E-state index in [9.17, 15) is 9.18 Å². The van der Waals surface area contributed by atoms with E-state index in [0.29, 0.717) is 61.7 Å². The number of carbonyl (C=O) groups is 1. The van der Waals surface area contributed by atoms with Crippen LogP contribution in [0.5, 0.6) is 0 Å². The first-order valence-electron chi connectivity index (χ1n) is 11.3. The van der Waals surface area contributed by atoms with Crippen molar-refractivity contribution in [3.05, 3.63) is 58.9 Å². The van der Waals surface area contributed by atoms with E-state index in [1.807, 2.05) is 6.92 Å². The van der Waals surface area contributed by atoms with E-state index >= 15 is 0 Å². The summed E-state index contributed by atoms with van der Waals surface area (Å²) in [5.74, 6) is 0.661. The largest absolute Gasteiger partial charge is 0.487 e. The fourth-order valence-electron chi connectivity index (χ4n) is 4.92.